The van der Waals surface area contributed by atoms with Crippen molar-refractivity contribution in [2.45, 2.75) is 13.5 Å². The molecule has 66 valence electrons. The molecule has 2 N–H and O–H groups in total. The van der Waals surface area contributed by atoms with Gasteiger partial charge in [0, 0.05) is 12.1 Å². The average molecular weight is 169 g/mol. The summed E-state index contributed by atoms with van der Waals surface area (Å²) in [5.41, 5.74) is 6.11. The second kappa shape index (κ2) is 4.07. The molecule has 0 atom stereocenters. The van der Waals surface area contributed by atoms with Crippen LogP contribution in [0, 0.1) is 5.82 Å². The molecule has 0 aromatic heterocycles. The van der Waals surface area contributed by atoms with Gasteiger partial charge >= 0.3 is 0 Å². The minimum atomic E-state index is -0.347. The van der Waals surface area contributed by atoms with Gasteiger partial charge in [-0.2, -0.15) is 0 Å². The molecular formula is C9H12FNO. The molecule has 12 heavy (non-hydrogen) atoms. The maximum Gasteiger partial charge on any atom is 0.165 e. The predicted molar refractivity (Wildman–Crippen MR) is 45.5 cm³/mol. The molecule has 0 saturated heterocycles. The van der Waals surface area contributed by atoms with Crippen molar-refractivity contribution in [1.29, 1.82) is 0 Å². The Morgan fingerprint density at radius 3 is 2.83 bits per heavy atom. The highest BCUT2D eigenvalue weighted by atomic mass is 19.1. The van der Waals surface area contributed by atoms with Crippen molar-refractivity contribution in [3.63, 3.8) is 0 Å². The SMILES string of the molecule is CCOc1c(F)cccc1CN. The van der Waals surface area contributed by atoms with Crippen molar-refractivity contribution < 1.29 is 9.13 Å². The van der Waals surface area contributed by atoms with Crippen molar-refractivity contribution in [1.82, 2.24) is 0 Å². The normalized spacial score (nSPS) is 9.92. The average Bonchev–Trinajstić information content (AvgIpc) is 2.09. The zero-order valence-corrected chi connectivity index (χ0v) is 7.01. The molecule has 1 aromatic carbocycles. The van der Waals surface area contributed by atoms with E-state index in [1.807, 2.05) is 6.92 Å². The predicted octanol–water partition coefficient (Wildman–Crippen LogP) is 1.68. The molecule has 0 bridgehead atoms. The molecule has 0 fully saturated rings. The zero-order chi connectivity index (χ0) is 8.97. The van der Waals surface area contributed by atoms with E-state index in [1.165, 1.54) is 6.07 Å². The van der Waals surface area contributed by atoms with Crippen molar-refractivity contribution in [2.75, 3.05) is 6.61 Å². The fourth-order valence-corrected chi connectivity index (χ4v) is 1.02. The van der Waals surface area contributed by atoms with Gasteiger partial charge in [0.05, 0.1) is 6.61 Å². The van der Waals surface area contributed by atoms with E-state index in [2.05, 4.69) is 0 Å². The maximum absolute atomic E-state index is 13.0. The minimum Gasteiger partial charge on any atom is -0.490 e. The number of hydrogen-bond donors (Lipinski definition) is 1. The number of benzene rings is 1. The maximum atomic E-state index is 13.0. The number of ether oxygens (including phenoxy) is 1. The third-order valence-corrected chi connectivity index (χ3v) is 1.56. The first-order valence-electron chi connectivity index (χ1n) is 3.89. The van der Waals surface area contributed by atoms with Crippen LogP contribution < -0.4 is 10.5 Å². The highest BCUT2D eigenvalue weighted by Gasteiger charge is 2.06. The van der Waals surface area contributed by atoms with Crippen LogP contribution in [-0.4, -0.2) is 6.61 Å². The lowest BCUT2D eigenvalue weighted by molar-refractivity contribution is 0.318. The van der Waals surface area contributed by atoms with Gasteiger partial charge in [0.15, 0.2) is 11.6 Å². The Labute approximate surface area is 71.1 Å². The molecular weight excluding hydrogens is 157 g/mol. The third kappa shape index (κ3) is 1.74. The topological polar surface area (TPSA) is 35.2 Å². The smallest absolute Gasteiger partial charge is 0.165 e. The van der Waals surface area contributed by atoms with E-state index in [4.69, 9.17) is 10.5 Å². The lowest BCUT2D eigenvalue weighted by atomic mass is 10.2. The van der Waals surface area contributed by atoms with Crippen LogP contribution in [0.5, 0.6) is 5.75 Å². The largest absolute Gasteiger partial charge is 0.490 e. The first kappa shape index (κ1) is 9.00. The Morgan fingerprint density at radius 2 is 2.25 bits per heavy atom. The molecule has 0 radical (unpaired) electrons. The number of rotatable bonds is 3. The Kier molecular flexibility index (Phi) is 3.05. The summed E-state index contributed by atoms with van der Waals surface area (Å²) in [6.45, 7) is 2.56. The second-order valence-electron chi connectivity index (χ2n) is 2.37. The number of hydrogen-bond acceptors (Lipinski definition) is 2. The summed E-state index contributed by atoms with van der Waals surface area (Å²) >= 11 is 0. The van der Waals surface area contributed by atoms with E-state index >= 15 is 0 Å². The summed E-state index contributed by atoms with van der Waals surface area (Å²) in [4.78, 5) is 0. The van der Waals surface area contributed by atoms with Crippen LogP contribution in [-0.2, 0) is 6.54 Å². The van der Waals surface area contributed by atoms with E-state index in [0.29, 0.717) is 18.7 Å². The first-order valence-corrected chi connectivity index (χ1v) is 3.89. The Balaban J connectivity index is 3.02. The van der Waals surface area contributed by atoms with Crippen LogP contribution >= 0.6 is 0 Å². The number of halogens is 1. The van der Waals surface area contributed by atoms with Gasteiger partial charge in [0.25, 0.3) is 0 Å². The Bertz CT molecular complexity index is 263. The van der Waals surface area contributed by atoms with Crippen molar-refractivity contribution >= 4 is 0 Å². The molecule has 3 heteroatoms. The molecule has 0 aliphatic carbocycles. The van der Waals surface area contributed by atoms with Gasteiger partial charge in [0.2, 0.25) is 0 Å². The van der Waals surface area contributed by atoms with E-state index in [9.17, 15) is 4.39 Å². The van der Waals surface area contributed by atoms with Crippen LogP contribution in [0.25, 0.3) is 0 Å². The van der Waals surface area contributed by atoms with E-state index < -0.39 is 0 Å². The van der Waals surface area contributed by atoms with E-state index in [1.54, 1.807) is 12.1 Å². The standard InChI is InChI=1S/C9H12FNO/c1-2-12-9-7(6-11)4-3-5-8(9)10/h3-5H,2,6,11H2,1H3. The van der Waals surface area contributed by atoms with E-state index in [-0.39, 0.29) is 11.6 Å². The van der Waals surface area contributed by atoms with Gasteiger partial charge in [-0.25, -0.2) is 4.39 Å². The van der Waals surface area contributed by atoms with Gasteiger partial charge in [0.1, 0.15) is 0 Å². The summed E-state index contributed by atoms with van der Waals surface area (Å²) < 4.78 is 18.1. The lowest BCUT2D eigenvalue weighted by Gasteiger charge is -2.08. The van der Waals surface area contributed by atoms with Gasteiger partial charge in [-0.15, -0.1) is 0 Å². The van der Waals surface area contributed by atoms with Crippen LogP contribution in [0.4, 0.5) is 4.39 Å². The molecule has 1 aromatic rings. The summed E-state index contributed by atoms with van der Waals surface area (Å²) in [6, 6.07) is 4.75. The monoisotopic (exact) mass is 169 g/mol. The summed E-state index contributed by atoms with van der Waals surface area (Å²) in [6.07, 6.45) is 0. The first-order chi connectivity index (χ1) is 5.79. The third-order valence-electron chi connectivity index (χ3n) is 1.56. The molecule has 0 amide bonds. The quantitative estimate of drug-likeness (QED) is 0.747. The summed E-state index contributed by atoms with van der Waals surface area (Å²) in [7, 11) is 0. The number of para-hydroxylation sites is 1. The summed E-state index contributed by atoms with van der Waals surface area (Å²) in [5.74, 6) is -0.0673. The molecule has 0 aliphatic heterocycles. The molecule has 0 spiro atoms. The molecule has 2 nitrogen and oxygen atoms in total. The molecule has 0 unspecified atom stereocenters. The highest BCUT2D eigenvalue weighted by molar-refractivity contribution is 5.34. The van der Waals surface area contributed by atoms with Crippen molar-refractivity contribution in [3.8, 4) is 5.75 Å². The van der Waals surface area contributed by atoms with Crippen molar-refractivity contribution in [3.05, 3.63) is 29.6 Å². The molecule has 1 rings (SSSR count). The fourth-order valence-electron chi connectivity index (χ4n) is 1.02. The second-order valence-corrected chi connectivity index (χ2v) is 2.37. The van der Waals surface area contributed by atoms with Crippen LogP contribution in [0.15, 0.2) is 18.2 Å². The van der Waals surface area contributed by atoms with Gasteiger partial charge in [-0.1, -0.05) is 12.1 Å². The molecule has 0 saturated carbocycles. The van der Waals surface area contributed by atoms with Gasteiger partial charge in [-0.05, 0) is 13.0 Å². The lowest BCUT2D eigenvalue weighted by Crippen LogP contribution is -2.03. The van der Waals surface area contributed by atoms with Gasteiger partial charge in [-0.3, -0.25) is 0 Å². The van der Waals surface area contributed by atoms with E-state index in [0.717, 1.165) is 0 Å². The fraction of sp³-hybridized carbons (Fsp3) is 0.333. The molecule has 0 heterocycles. The Morgan fingerprint density at radius 1 is 1.50 bits per heavy atom. The van der Waals surface area contributed by atoms with Crippen LogP contribution in [0.1, 0.15) is 12.5 Å². The minimum absolute atomic E-state index is 0.280. The highest BCUT2D eigenvalue weighted by Crippen LogP contribution is 2.21. The molecule has 0 aliphatic rings. The zero-order valence-electron chi connectivity index (χ0n) is 7.01. The van der Waals surface area contributed by atoms with Crippen LogP contribution in [0.2, 0.25) is 0 Å². The number of nitrogens with two attached hydrogens (primary N) is 1. The summed E-state index contributed by atoms with van der Waals surface area (Å²) in [5, 5.41) is 0. The van der Waals surface area contributed by atoms with Crippen LogP contribution in [0.3, 0.4) is 0 Å². The Hall–Kier alpha value is -1.09. The van der Waals surface area contributed by atoms with Crippen molar-refractivity contribution in [2.24, 2.45) is 5.73 Å². The van der Waals surface area contributed by atoms with Gasteiger partial charge < -0.3 is 10.5 Å².